The molecule has 29 heavy (non-hydrogen) atoms. The van der Waals surface area contributed by atoms with Crippen LogP contribution in [0.2, 0.25) is 0 Å². The van der Waals surface area contributed by atoms with Crippen molar-refractivity contribution in [2.75, 3.05) is 29.0 Å². The van der Waals surface area contributed by atoms with Gasteiger partial charge in [0.2, 0.25) is 10.0 Å². The number of ether oxygens (including phenoxy) is 1. The van der Waals surface area contributed by atoms with Gasteiger partial charge in [0, 0.05) is 17.0 Å². The maximum atomic E-state index is 12.8. The van der Waals surface area contributed by atoms with Crippen molar-refractivity contribution in [3.05, 3.63) is 45.8 Å². The number of benzene rings is 1. The van der Waals surface area contributed by atoms with E-state index in [9.17, 15) is 18.0 Å². The molecule has 1 aliphatic carbocycles. The molecular formula is C20H22N2O5S2. The lowest BCUT2D eigenvalue weighted by Gasteiger charge is -2.17. The van der Waals surface area contributed by atoms with Crippen LogP contribution in [0.5, 0.6) is 0 Å². The number of fused-ring (bicyclic) bond motifs is 1. The molecule has 1 aromatic carbocycles. The van der Waals surface area contributed by atoms with Crippen LogP contribution < -0.4 is 9.62 Å². The predicted octanol–water partition coefficient (Wildman–Crippen LogP) is 3.21. The first kappa shape index (κ1) is 19.9. The Bertz CT molecular complexity index is 1060. The fourth-order valence-corrected chi connectivity index (χ4v) is 6.69. The van der Waals surface area contributed by atoms with E-state index in [0.29, 0.717) is 34.8 Å². The molecule has 1 aliphatic heterocycles. The number of thiophene rings is 1. The first-order valence-electron chi connectivity index (χ1n) is 9.55. The van der Waals surface area contributed by atoms with Gasteiger partial charge in [-0.05, 0) is 61.9 Å². The van der Waals surface area contributed by atoms with Gasteiger partial charge in [-0.1, -0.05) is 0 Å². The first-order valence-corrected chi connectivity index (χ1v) is 12.0. The van der Waals surface area contributed by atoms with Crippen molar-refractivity contribution in [2.24, 2.45) is 0 Å². The zero-order chi connectivity index (χ0) is 20.6. The smallest absolute Gasteiger partial charge is 0.341 e. The number of anilines is 2. The summed E-state index contributed by atoms with van der Waals surface area (Å²) >= 11 is 1.43. The normalized spacial score (nSPS) is 17.6. The number of nitrogens with one attached hydrogen (secondary N) is 1. The van der Waals surface area contributed by atoms with Gasteiger partial charge in [-0.15, -0.1) is 11.3 Å². The summed E-state index contributed by atoms with van der Waals surface area (Å²) in [6.45, 7) is 0.455. The summed E-state index contributed by atoms with van der Waals surface area (Å²) in [7, 11) is -1.92. The summed E-state index contributed by atoms with van der Waals surface area (Å²) in [5, 5.41) is 3.37. The Labute approximate surface area is 173 Å². The Morgan fingerprint density at radius 3 is 2.48 bits per heavy atom. The van der Waals surface area contributed by atoms with E-state index in [1.165, 1.54) is 22.8 Å². The zero-order valence-electron chi connectivity index (χ0n) is 16.1. The third-order valence-electron chi connectivity index (χ3n) is 5.30. The van der Waals surface area contributed by atoms with Crippen LogP contribution in [0.15, 0.2) is 24.3 Å². The monoisotopic (exact) mass is 434 g/mol. The van der Waals surface area contributed by atoms with Crippen molar-refractivity contribution in [3.8, 4) is 0 Å². The van der Waals surface area contributed by atoms with E-state index in [-0.39, 0.29) is 11.7 Å². The molecule has 1 fully saturated rings. The molecule has 0 radical (unpaired) electrons. The largest absolute Gasteiger partial charge is 0.465 e. The highest BCUT2D eigenvalue weighted by Gasteiger charge is 2.29. The number of sulfonamides is 1. The van der Waals surface area contributed by atoms with Crippen LogP contribution in [0.25, 0.3) is 0 Å². The minimum absolute atomic E-state index is 0.147. The van der Waals surface area contributed by atoms with Crippen molar-refractivity contribution in [2.45, 2.75) is 32.1 Å². The van der Waals surface area contributed by atoms with Crippen LogP contribution in [-0.4, -0.2) is 39.7 Å². The molecule has 2 aromatic rings. The first-order chi connectivity index (χ1) is 13.9. The number of methoxy groups -OCH3 is 1. The molecule has 0 saturated carbocycles. The molecule has 9 heteroatoms. The number of carbonyl (C=O) groups excluding carboxylic acids is 2. The van der Waals surface area contributed by atoms with Gasteiger partial charge >= 0.3 is 5.97 Å². The SMILES string of the molecule is COC(=O)c1c(NC(=O)c2ccc(N3CCCS3(=O)=O)cc2)sc2c1CCCC2. The van der Waals surface area contributed by atoms with Crippen LogP contribution in [0.3, 0.4) is 0 Å². The lowest BCUT2D eigenvalue weighted by atomic mass is 9.95. The molecule has 1 aromatic heterocycles. The van der Waals surface area contributed by atoms with E-state index >= 15 is 0 Å². The Balaban J connectivity index is 1.57. The number of amides is 1. The van der Waals surface area contributed by atoms with E-state index in [2.05, 4.69) is 5.32 Å². The van der Waals surface area contributed by atoms with Crippen LogP contribution in [-0.2, 0) is 27.6 Å². The molecule has 0 spiro atoms. The Morgan fingerprint density at radius 1 is 1.10 bits per heavy atom. The van der Waals surface area contributed by atoms with Gasteiger partial charge in [0.25, 0.3) is 5.91 Å². The van der Waals surface area contributed by atoms with Crippen molar-refractivity contribution in [3.63, 3.8) is 0 Å². The highest BCUT2D eigenvalue weighted by molar-refractivity contribution is 7.93. The molecular weight excluding hydrogens is 412 g/mol. The molecule has 1 amide bonds. The summed E-state index contributed by atoms with van der Waals surface area (Å²) in [6, 6.07) is 6.48. The fourth-order valence-electron chi connectivity index (χ4n) is 3.86. The van der Waals surface area contributed by atoms with E-state index in [1.54, 1.807) is 24.3 Å². The number of hydrogen-bond donors (Lipinski definition) is 1. The predicted molar refractivity (Wildman–Crippen MR) is 112 cm³/mol. The van der Waals surface area contributed by atoms with E-state index in [4.69, 9.17) is 4.74 Å². The average molecular weight is 435 g/mol. The van der Waals surface area contributed by atoms with Crippen LogP contribution >= 0.6 is 11.3 Å². The summed E-state index contributed by atoms with van der Waals surface area (Å²) in [5.41, 5.74) is 2.40. The van der Waals surface area contributed by atoms with Crippen molar-refractivity contribution in [1.82, 2.24) is 0 Å². The maximum absolute atomic E-state index is 12.8. The second-order valence-corrected chi connectivity index (χ2v) is 10.3. The molecule has 4 rings (SSSR count). The number of aryl methyl sites for hydroxylation is 1. The summed E-state index contributed by atoms with van der Waals surface area (Å²) in [6.07, 6.45) is 4.40. The van der Waals surface area contributed by atoms with Gasteiger partial charge in [0.15, 0.2) is 0 Å². The third-order valence-corrected chi connectivity index (χ3v) is 8.38. The average Bonchev–Trinajstić information content (AvgIpc) is 3.26. The molecule has 1 saturated heterocycles. The van der Waals surface area contributed by atoms with Crippen LogP contribution in [0.4, 0.5) is 10.7 Å². The quantitative estimate of drug-likeness (QED) is 0.746. The summed E-state index contributed by atoms with van der Waals surface area (Å²) in [5.74, 6) is -0.631. The topological polar surface area (TPSA) is 92.8 Å². The minimum Gasteiger partial charge on any atom is -0.465 e. The van der Waals surface area contributed by atoms with Gasteiger partial charge in [-0.3, -0.25) is 9.10 Å². The van der Waals surface area contributed by atoms with E-state index in [1.807, 2.05) is 0 Å². The summed E-state index contributed by atoms with van der Waals surface area (Å²) < 4.78 is 30.4. The van der Waals surface area contributed by atoms with Crippen molar-refractivity contribution >= 4 is 43.9 Å². The maximum Gasteiger partial charge on any atom is 0.341 e. The zero-order valence-corrected chi connectivity index (χ0v) is 17.7. The number of hydrogen-bond acceptors (Lipinski definition) is 6. The molecule has 1 N–H and O–H groups in total. The minimum atomic E-state index is -3.26. The van der Waals surface area contributed by atoms with Gasteiger partial charge < -0.3 is 10.1 Å². The lowest BCUT2D eigenvalue weighted by Crippen LogP contribution is -2.25. The highest BCUT2D eigenvalue weighted by atomic mass is 32.2. The van der Waals surface area contributed by atoms with Crippen molar-refractivity contribution in [1.29, 1.82) is 0 Å². The molecule has 0 bridgehead atoms. The Hall–Kier alpha value is -2.39. The van der Waals surface area contributed by atoms with E-state index in [0.717, 1.165) is 36.1 Å². The Kier molecular flexibility index (Phi) is 5.35. The molecule has 0 unspecified atom stereocenters. The molecule has 154 valence electrons. The lowest BCUT2D eigenvalue weighted by molar-refractivity contribution is 0.0601. The van der Waals surface area contributed by atoms with E-state index < -0.39 is 16.0 Å². The van der Waals surface area contributed by atoms with Gasteiger partial charge in [-0.2, -0.15) is 0 Å². The van der Waals surface area contributed by atoms with Crippen LogP contribution in [0.1, 0.15) is 50.4 Å². The van der Waals surface area contributed by atoms with Gasteiger partial charge in [0.05, 0.1) is 24.1 Å². The van der Waals surface area contributed by atoms with Gasteiger partial charge in [-0.25, -0.2) is 13.2 Å². The highest BCUT2D eigenvalue weighted by Crippen LogP contribution is 2.38. The number of esters is 1. The number of nitrogens with zero attached hydrogens (tertiary/aromatic N) is 1. The third kappa shape index (κ3) is 3.76. The van der Waals surface area contributed by atoms with Crippen molar-refractivity contribution < 1.29 is 22.7 Å². The molecule has 7 nitrogen and oxygen atoms in total. The second kappa shape index (κ2) is 7.79. The summed E-state index contributed by atoms with van der Waals surface area (Å²) in [4.78, 5) is 26.2. The Morgan fingerprint density at radius 2 is 1.83 bits per heavy atom. The number of carbonyl (C=O) groups is 2. The number of rotatable bonds is 4. The second-order valence-electron chi connectivity index (χ2n) is 7.15. The van der Waals surface area contributed by atoms with Crippen LogP contribution in [0, 0.1) is 0 Å². The molecule has 0 atom stereocenters. The fraction of sp³-hybridized carbons (Fsp3) is 0.400. The standard InChI is InChI=1S/C20H22N2O5S2/c1-27-20(24)17-15-5-2-3-6-16(15)28-19(17)21-18(23)13-7-9-14(10-8-13)22-11-4-12-29(22,25)26/h7-10H,2-6,11-12H2,1H3,(H,21,23). The molecule has 2 aliphatic rings. The molecule has 2 heterocycles. The van der Waals surface area contributed by atoms with Gasteiger partial charge in [0.1, 0.15) is 5.00 Å².